The lowest BCUT2D eigenvalue weighted by molar-refractivity contribution is 0.339. The Hall–Kier alpha value is -0.340. The van der Waals surface area contributed by atoms with Crippen molar-refractivity contribution in [1.82, 2.24) is 5.32 Å². The molecule has 1 N–H and O–H groups in total. The number of hydrogen-bond donors (Lipinski definition) is 1. The van der Waals surface area contributed by atoms with Crippen LogP contribution >= 0.6 is 15.9 Å². The van der Waals surface area contributed by atoms with Gasteiger partial charge in [0.25, 0.3) is 0 Å². The Morgan fingerprint density at radius 1 is 1.28 bits per heavy atom. The molecule has 0 saturated heterocycles. The average molecular weight is 310 g/mol. The van der Waals surface area contributed by atoms with Crippen molar-refractivity contribution in [3.05, 3.63) is 34.3 Å². The highest BCUT2D eigenvalue weighted by Gasteiger charge is 2.32. The van der Waals surface area contributed by atoms with Gasteiger partial charge in [0.1, 0.15) is 0 Å². The maximum absolute atomic E-state index is 3.74. The van der Waals surface area contributed by atoms with Gasteiger partial charge < -0.3 is 5.32 Å². The molecule has 1 aromatic carbocycles. The molecule has 2 atom stereocenters. The van der Waals surface area contributed by atoms with Gasteiger partial charge in [0.15, 0.2) is 0 Å². The molecule has 2 unspecified atom stereocenters. The molecule has 0 spiro atoms. The monoisotopic (exact) mass is 309 g/mol. The molecule has 18 heavy (non-hydrogen) atoms. The molecule has 1 nitrogen and oxygen atoms in total. The molecular weight excluding hydrogens is 286 g/mol. The minimum absolute atomic E-state index is 0.638. The highest BCUT2D eigenvalue weighted by molar-refractivity contribution is 9.10. The minimum Gasteiger partial charge on any atom is -0.313 e. The van der Waals surface area contributed by atoms with Crippen molar-refractivity contribution in [2.75, 3.05) is 6.54 Å². The van der Waals surface area contributed by atoms with E-state index < -0.39 is 0 Å². The second-order valence-electron chi connectivity index (χ2n) is 5.59. The van der Waals surface area contributed by atoms with Gasteiger partial charge in [0.05, 0.1) is 0 Å². The molecule has 1 aromatic rings. The SMILES string of the molecule is CCCNC(Cc1ccc(Br)cc1)C(C)C1CC1. The molecule has 1 fully saturated rings. The second kappa shape index (κ2) is 6.72. The van der Waals surface area contributed by atoms with Crippen molar-refractivity contribution in [1.29, 1.82) is 0 Å². The summed E-state index contributed by atoms with van der Waals surface area (Å²) in [6.07, 6.45) is 5.25. The topological polar surface area (TPSA) is 12.0 Å². The minimum atomic E-state index is 0.638. The fraction of sp³-hybridized carbons (Fsp3) is 0.625. The summed E-state index contributed by atoms with van der Waals surface area (Å²) in [7, 11) is 0. The van der Waals surface area contributed by atoms with Gasteiger partial charge in [-0.3, -0.25) is 0 Å². The third kappa shape index (κ3) is 4.10. The van der Waals surface area contributed by atoms with Crippen molar-refractivity contribution in [2.24, 2.45) is 11.8 Å². The van der Waals surface area contributed by atoms with Crippen molar-refractivity contribution >= 4 is 15.9 Å². The smallest absolute Gasteiger partial charge is 0.0175 e. The van der Waals surface area contributed by atoms with Gasteiger partial charge in [-0.1, -0.05) is 41.9 Å². The Kier molecular flexibility index (Phi) is 5.25. The molecule has 1 saturated carbocycles. The van der Waals surface area contributed by atoms with E-state index in [-0.39, 0.29) is 0 Å². The largest absolute Gasteiger partial charge is 0.313 e. The lowest BCUT2D eigenvalue weighted by atomic mass is 9.91. The summed E-state index contributed by atoms with van der Waals surface area (Å²) in [5.74, 6) is 1.77. The van der Waals surface area contributed by atoms with Gasteiger partial charge in [-0.2, -0.15) is 0 Å². The zero-order valence-electron chi connectivity index (χ0n) is 11.5. The van der Waals surface area contributed by atoms with Crippen LogP contribution in [0, 0.1) is 11.8 Å². The molecule has 100 valence electrons. The number of rotatable bonds is 7. The van der Waals surface area contributed by atoms with Gasteiger partial charge in [0.2, 0.25) is 0 Å². The third-order valence-electron chi connectivity index (χ3n) is 4.03. The first-order chi connectivity index (χ1) is 8.70. The molecule has 2 rings (SSSR count). The third-order valence-corrected chi connectivity index (χ3v) is 4.55. The lowest BCUT2D eigenvalue weighted by Gasteiger charge is -2.25. The Bertz CT molecular complexity index is 356. The van der Waals surface area contributed by atoms with Gasteiger partial charge in [-0.25, -0.2) is 0 Å². The van der Waals surface area contributed by atoms with Crippen LogP contribution in [0.15, 0.2) is 28.7 Å². The van der Waals surface area contributed by atoms with Gasteiger partial charge >= 0.3 is 0 Å². The van der Waals surface area contributed by atoms with E-state index in [0.717, 1.165) is 24.8 Å². The summed E-state index contributed by atoms with van der Waals surface area (Å²) in [6, 6.07) is 9.41. The predicted octanol–water partition coefficient (Wildman–Crippen LogP) is 4.41. The van der Waals surface area contributed by atoms with Crippen molar-refractivity contribution < 1.29 is 0 Å². The summed E-state index contributed by atoms with van der Waals surface area (Å²) >= 11 is 3.50. The van der Waals surface area contributed by atoms with E-state index >= 15 is 0 Å². The van der Waals surface area contributed by atoms with Crippen LogP contribution < -0.4 is 5.32 Å². The van der Waals surface area contributed by atoms with Gasteiger partial charge in [-0.05, 0) is 61.8 Å². The number of hydrogen-bond acceptors (Lipinski definition) is 1. The van der Waals surface area contributed by atoms with Crippen LogP contribution in [0.5, 0.6) is 0 Å². The van der Waals surface area contributed by atoms with E-state index in [1.54, 1.807) is 0 Å². The molecule has 2 heteroatoms. The van der Waals surface area contributed by atoms with Crippen LogP contribution in [0.1, 0.15) is 38.7 Å². The van der Waals surface area contributed by atoms with Crippen LogP contribution in [-0.2, 0) is 6.42 Å². The highest BCUT2D eigenvalue weighted by atomic mass is 79.9. The van der Waals surface area contributed by atoms with Crippen molar-refractivity contribution in [3.8, 4) is 0 Å². The first kappa shape index (κ1) is 14.1. The van der Waals surface area contributed by atoms with Crippen LogP contribution in [0.4, 0.5) is 0 Å². The van der Waals surface area contributed by atoms with E-state index in [0.29, 0.717) is 6.04 Å². The fourth-order valence-electron chi connectivity index (χ4n) is 2.60. The normalized spacial score (nSPS) is 18.6. The van der Waals surface area contributed by atoms with Crippen LogP contribution in [0.25, 0.3) is 0 Å². The maximum atomic E-state index is 3.74. The van der Waals surface area contributed by atoms with E-state index in [4.69, 9.17) is 0 Å². The predicted molar refractivity (Wildman–Crippen MR) is 81.8 cm³/mol. The fourth-order valence-corrected chi connectivity index (χ4v) is 2.86. The molecule has 1 aliphatic rings. The van der Waals surface area contributed by atoms with E-state index in [2.05, 4.69) is 59.4 Å². The number of halogens is 1. The standard InChI is InChI=1S/C16H24BrN/c1-3-10-18-16(12(2)14-6-7-14)11-13-4-8-15(17)9-5-13/h4-5,8-9,12,14,16,18H,3,6-7,10-11H2,1-2H3. The Morgan fingerprint density at radius 3 is 2.50 bits per heavy atom. The first-order valence-electron chi connectivity index (χ1n) is 7.18. The first-order valence-corrected chi connectivity index (χ1v) is 7.97. The summed E-state index contributed by atoms with van der Waals surface area (Å²) < 4.78 is 1.17. The summed E-state index contributed by atoms with van der Waals surface area (Å²) in [4.78, 5) is 0. The van der Waals surface area contributed by atoms with Crippen molar-refractivity contribution in [2.45, 2.75) is 45.6 Å². The van der Waals surface area contributed by atoms with Gasteiger partial charge in [0, 0.05) is 10.5 Å². The summed E-state index contributed by atoms with van der Waals surface area (Å²) in [5, 5.41) is 3.74. The molecule has 0 aromatic heterocycles. The lowest BCUT2D eigenvalue weighted by Crippen LogP contribution is -2.38. The van der Waals surface area contributed by atoms with Gasteiger partial charge in [-0.15, -0.1) is 0 Å². The van der Waals surface area contributed by atoms with Crippen molar-refractivity contribution in [3.63, 3.8) is 0 Å². The summed E-state index contributed by atoms with van der Waals surface area (Å²) in [5.41, 5.74) is 1.44. The molecule has 1 aliphatic carbocycles. The quantitative estimate of drug-likeness (QED) is 0.787. The maximum Gasteiger partial charge on any atom is 0.0175 e. The van der Waals surface area contributed by atoms with Crippen LogP contribution in [0.3, 0.4) is 0 Å². The number of benzene rings is 1. The van der Waals surface area contributed by atoms with Crippen LogP contribution in [-0.4, -0.2) is 12.6 Å². The average Bonchev–Trinajstić information content (AvgIpc) is 3.20. The van der Waals surface area contributed by atoms with E-state index in [9.17, 15) is 0 Å². The van der Waals surface area contributed by atoms with E-state index in [1.165, 1.54) is 29.3 Å². The Labute approximate surface area is 119 Å². The number of nitrogens with one attached hydrogen (secondary N) is 1. The Morgan fingerprint density at radius 2 is 1.94 bits per heavy atom. The zero-order valence-corrected chi connectivity index (χ0v) is 13.0. The zero-order chi connectivity index (χ0) is 13.0. The molecule has 0 bridgehead atoms. The molecule has 0 radical (unpaired) electrons. The Balaban J connectivity index is 1.96. The molecule has 0 heterocycles. The second-order valence-corrected chi connectivity index (χ2v) is 6.50. The van der Waals surface area contributed by atoms with Crippen LogP contribution in [0.2, 0.25) is 0 Å². The van der Waals surface area contributed by atoms with E-state index in [1.807, 2.05) is 0 Å². The summed E-state index contributed by atoms with van der Waals surface area (Å²) in [6.45, 7) is 5.80. The molecule has 0 aliphatic heterocycles. The highest BCUT2D eigenvalue weighted by Crippen LogP contribution is 2.38. The molecule has 0 amide bonds. The molecular formula is C16H24BrN.